The third-order valence-corrected chi connectivity index (χ3v) is 6.90. The Kier molecular flexibility index (Phi) is 7.51. The highest BCUT2D eigenvalue weighted by molar-refractivity contribution is 6.03. The van der Waals surface area contributed by atoms with E-state index in [9.17, 15) is 19.8 Å². The van der Waals surface area contributed by atoms with Crippen molar-refractivity contribution in [3.63, 3.8) is 0 Å². The number of carbonyl (C=O) groups excluding carboxylic acids is 1. The van der Waals surface area contributed by atoms with Gasteiger partial charge in [-0.2, -0.15) is 5.10 Å². The van der Waals surface area contributed by atoms with E-state index in [-0.39, 0.29) is 44.7 Å². The third kappa shape index (κ3) is 5.17. The maximum absolute atomic E-state index is 14.4. The minimum Gasteiger partial charge on any atom is -0.465 e. The van der Waals surface area contributed by atoms with Gasteiger partial charge >= 0.3 is 6.09 Å². The summed E-state index contributed by atoms with van der Waals surface area (Å²) in [7, 11) is 0. The molecule has 0 saturated carbocycles. The van der Waals surface area contributed by atoms with Gasteiger partial charge in [0, 0.05) is 30.8 Å². The maximum atomic E-state index is 14.4. The third-order valence-electron chi connectivity index (χ3n) is 6.90. The van der Waals surface area contributed by atoms with Gasteiger partial charge in [-0.05, 0) is 17.5 Å². The van der Waals surface area contributed by atoms with E-state index in [1.807, 2.05) is 91.0 Å². The van der Waals surface area contributed by atoms with Crippen LogP contribution in [0.5, 0.6) is 0 Å². The molecule has 0 bridgehead atoms. The average Bonchev–Trinajstić information content (AvgIpc) is 3.33. The van der Waals surface area contributed by atoms with Crippen LogP contribution in [0, 0.1) is 0 Å². The highest BCUT2D eigenvalue weighted by Crippen LogP contribution is 2.36. The molecule has 2 heterocycles. The van der Waals surface area contributed by atoms with Crippen molar-refractivity contribution in [2.45, 2.75) is 19.0 Å². The average molecular weight is 511 g/mol. The first-order valence-corrected chi connectivity index (χ1v) is 12.7. The molecule has 0 unspecified atom stereocenters. The molecule has 8 heteroatoms. The standard InChI is InChI=1S/C30H30N4O4/c35-19-18-34-28(26(23-12-6-2-7-13-23)27(31-34)24-14-8-3-9-15-24)29(36)33-17-16-32(30(37)38)21-25(33)20-22-10-4-1-5-11-22/h1-15,25,35H,16-21H2,(H,37,38)/t25-/m1/s1. The van der Waals surface area contributed by atoms with Crippen molar-refractivity contribution in [3.05, 3.63) is 102 Å². The Morgan fingerprint density at radius 3 is 2.05 bits per heavy atom. The van der Waals surface area contributed by atoms with E-state index in [1.165, 1.54) is 4.90 Å². The number of aromatic nitrogens is 2. The van der Waals surface area contributed by atoms with Crippen LogP contribution in [0.1, 0.15) is 16.1 Å². The van der Waals surface area contributed by atoms with E-state index in [1.54, 1.807) is 9.58 Å². The molecule has 194 valence electrons. The van der Waals surface area contributed by atoms with Crippen molar-refractivity contribution in [1.29, 1.82) is 0 Å². The lowest BCUT2D eigenvalue weighted by Crippen LogP contribution is -2.57. The lowest BCUT2D eigenvalue weighted by Gasteiger charge is -2.40. The van der Waals surface area contributed by atoms with Gasteiger partial charge in [-0.1, -0.05) is 91.0 Å². The van der Waals surface area contributed by atoms with Crippen LogP contribution >= 0.6 is 0 Å². The van der Waals surface area contributed by atoms with Gasteiger partial charge in [0.15, 0.2) is 0 Å². The second-order valence-electron chi connectivity index (χ2n) is 9.32. The lowest BCUT2D eigenvalue weighted by molar-refractivity contribution is 0.0440. The van der Waals surface area contributed by atoms with Gasteiger partial charge in [-0.3, -0.25) is 9.48 Å². The summed E-state index contributed by atoms with van der Waals surface area (Å²) in [5, 5.41) is 24.4. The summed E-state index contributed by atoms with van der Waals surface area (Å²) >= 11 is 0. The Balaban J connectivity index is 1.62. The van der Waals surface area contributed by atoms with Crippen LogP contribution in [0.3, 0.4) is 0 Å². The first-order valence-electron chi connectivity index (χ1n) is 12.7. The van der Waals surface area contributed by atoms with Crippen LogP contribution in [0.25, 0.3) is 22.4 Å². The van der Waals surface area contributed by atoms with Crippen LogP contribution in [0.2, 0.25) is 0 Å². The fraction of sp³-hybridized carbons (Fsp3) is 0.233. The number of benzene rings is 3. The predicted octanol–water partition coefficient (Wildman–Crippen LogP) is 4.26. The summed E-state index contributed by atoms with van der Waals surface area (Å²) in [6.07, 6.45) is -0.465. The van der Waals surface area contributed by atoms with Crippen molar-refractivity contribution < 1.29 is 19.8 Å². The molecule has 1 aliphatic heterocycles. The normalized spacial score (nSPS) is 15.4. The number of hydrogen-bond donors (Lipinski definition) is 2. The van der Waals surface area contributed by atoms with E-state index in [0.717, 1.165) is 16.7 Å². The quantitative estimate of drug-likeness (QED) is 0.387. The maximum Gasteiger partial charge on any atom is 0.407 e. The number of aliphatic hydroxyl groups is 1. The van der Waals surface area contributed by atoms with Crippen molar-refractivity contribution in [2.24, 2.45) is 0 Å². The summed E-state index contributed by atoms with van der Waals surface area (Å²) in [5.41, 5.74) is 4.51. The number of amides is 2. The Hall–Kier alpha value is -4.43. The van der Waals surface area contributed by atoms with E-state index >= 15 is 0 Å². The molecule has 1 atom stereocenters. The Bertz CT molecular complexity index is 1390. The highest BCUT2D eigenvalue weighted by Gasteiger charge is 2.36. The molecular weight excluding hydrogens is 480 g/mol. The summed E-state index contributed by atoms with van der Waals surface area (Å²) < 4.78 is 1.59. The zero-order valence-corrected chi connectivity index (χ0v) is 21.0. The molecule has 1 saturated heterocycles. The molecule has 3 aromatic carbocycles. The Labute approximate surface area is 221 Å². The van der Waals surface area contributed by atoms with Crippen LogP contribution in [-0.2, 0) is 13.0 Å². The first-order chi connectivity index (χ1) is 18.6. The predicted molar refractivity (Wildman–Crippen MR) is 145 cm³/mol. The van der Waals surface area contributed by atoms with Crippen molar-refractivity contribution in [2.75, 3.05) is 26.2 Å². The monoisotopic (exact) mass is 510 g/mol. The molecular formula is C30H30N4O4. The van der Waals surface area contributed by atoms with E-state index < -0.39 is 6.09 Å². The SMILES string of the molecule is O=C(O)N1CCN(C(=O)c2c(-c3ccccc3)c(-c3ccccc3)nn2CCO)[C@H](Cc2ccccc2)C1. The number of nitrogens with zero attached hydrogens (tertiary/aromatic N) is 4. The van der Waals surface area contributed by atoms with Crippen molar-refractivity contribution in [1.82, 2.24) is 19.6 Å². The van der Waals surface area contributed by atoms with Gasteiger partial charge in [0.05, 0.1) is 19.2 Å². The number of carboxylic acid groups (broad SMARTS) is 1. The van der Waals surface area contributed by atoms with Crippen LogP contribution < -0.4 is 0 Å². The molecule has 0 spiro atoms. The fourth-order valence-corrected chi connectivity index (χ4v) is 5.11. The van der Waals surface area contributed by atoms with Gasteiger partial charge in [-0.25, -0.2) is 4.79 Å². The largest absolute Gasteiger partial charge is 0.465 e. The number of hydrogen-bond acceptors (Lipinski definition) is 4. The number of aliphatic hydroxyl groups excluding tert-OH is 1. The molecule has 4 aromatic rings. The van der Waals surface area contributed by atoms with E-state index in [4.69, 9.17) is 5.10 Å². The molecule has 8 nitrogen and oxygen atoms in total. The smallest absolute Gasteiger partial charge is 0.407 e. The molecule has 2 N–H and O–H groups in total. The highest BCUT2D eigenvalue weighted by atomic mass is 16.4. The van der Waals surface area contributed by atoms with E-state index in [0.29, 0.717) is 23.4 Å². The van der Waals surface area contributed by atoms with Crippen molar-refractivity contribution in [3.8, 4) is 22.4 Å². The summed E-state index contributed by atoms with van der Waals surface area (Å²) in [4.78, 5) is 29.4. The summed E-state index contributed by atoms with van der Waals surface area (Å²) in [5.74, 6) is -0.224. The van der Waals surface area contributed by atoms with Gasteiger partial charge in [0.25, 0.3) is 5.91 Å². The molecule has 38 heavy (non-hydrogen) atoms. The number of piperazine rings is 1. The van der Waals surface area contributed by atoms with Gasteiger partial charge in [0.1, 0.15) is 11.4 Å². The first kappa shape index (κ1) is 25.2. The van der Waals surface area contributed by atoms with Crippen molar-refractivity contribution >= 4 is 12.0 Å². The zero-order valence-electron chi connectivity index (χ0n) is 21.0. The summed E-state index contributed by atoms with van der Waals surface area (Å²) in [6.45, 7) is 0.696. The summed E-state index contributed by atoms with van der Waals surface area (Å²) in [6, 6.07) is 28.8. The molecule has 0 aliphatic carbocycles. The minimum absolute atomic E-state index is 0.159. The van der Waals surface area contributed by atoms with Gasteiger partial charge < -0.3 is 20.0 Å². The lowest BCUT2D eigenvalue weighted by atomic mass is 9.97. The fourth-order valence-electron chi connectivity index (χ4n) is 5.11. The second kappa shape index (κ2) is 11.3. The minimum atomic E-state index is -0.989. The molecule has 1 fully saturated rings. The molecule has 1 aromatic heterocycles. The number of carbonyl (C=O) groups is 2. The van der Waals surface area contributed by atoms with Gasteiger partial charge in [0.2, 0.25) is 0 Å². The van der Waals surface area contributed by atoms with Crippen LogP contribution in [0.15, 0.2) is 91.0 Å². The molecule has 2 amide bonds. The second-order valence-corrected chi connectivity index (χ2v) is 9.32. The Morgan fingerprint density at radius 2 is 1.45 bits per heavy atom. The van der Waals surface area contributed by atoms with Crippen LogP contribution in [-0.4, -0.2) is 74.1 Å². The molecule has 0 radical (unpaired) electrons. The number of rotatable bonds is 7. The molecule has 1 aliphatic rings. The topological polar surface area (TPSA) is 98.9 Å². The van der Waals surface area contributed by atoms with E-state index in [2.05, 4.69) is 0 Å². The van der Waals surface area contributed by atoms with Crippen LogP contribution in [0.4, 0.5) is 4.79 Å². The molecule has 5 rings (SSSR count). The Morgan fingerprint density at radius 1 is 0.842 bits per heavy atom. The zero-order chi connectivity index (χ0) is 26.5. The van der Waals surface area contributed by atoms with Gasteiger partial charge in [-0.15, -0.1) is 0 Å².